The Morgan fingerprint density at radius 3 is 2.14 bits per heavy atom. The zero-order valence-electron chi connectivity index (χ0n) is 12.4. The van der Waals surface area contributed by atoms with E-state index in [1.807, 2.05) is 0 Å². The minimum absolute atomic E-state index is 0.478. The SMILES string of the molecule is CC(C)(C)S(=O)(=O)C(C#N)=CN=S(C)(=O)c1ccccc1. The molecule has 0 aliphatic carbocycles. The van der Waals surface area contributed by atoms with Crippen molar-refractivity contribution in [3.8, 4) is 6.07 Å². The molecule has 5 nitrogen and oxygen atoms in total. The normalized spacial score (nSPS) is 15.9. The van der Waals surface area contributed by atoms with Gasteiger partial charge in [0.1, 0.15) is 6.07 Å². The summed E-state index contributed by atoms with van der Waals surface area (Å²) in [6.45, 7) is 4.48. The van der Waals surface area contributed by atoms with E-state index in [2.05, 4.69) is 4.36 Å². The Balaban J connectivity index is 3.40. The molecule has 0 saturated heterocycles. The molecule has 7 heteroatoms. The molecular weight excluding hydrogens is 308 g/mol. The van der Waals surface area contributed by atoms with Crippen LogP contribution in [0, 0.1) is 11.3 Å². The molecule has 0 amide bonds. The van der Waals surface area contributed by atoms with E-state index < -0.39 is 29.2 Å². The van der Waals surface area contributed by atoms with E-state index in [1.54, 1.807) is 36.4 Å². The second-order valence-corrected chi connectivity index (χ2v) is 10.4. The van der Waals surface area contributed by atoms with E-state index in [9.17, 15) is 12.6 Å². The molecule has 1 rings (SSSR count). The summed E-state index contributed by atoms with van der Waals surface area (Å²) < 4.78 is 39.6. The Bertz CT molecular complexity index is 802. The Morgan fingerprint density at radius 1 is 1.19 bits per heavy atom. The van der Waals surface area contributed by atoms with Crippen molar-refractivity contribution in [2.24, 2.45) is 4.36 Å². The van der Waals surface area contributed by atoms with Crippen molar-refractivity contribution >= 4 is 19.6 Å². The number of hydrogen-bond acceptors (Lipinski definition) is 5. The smallest absolute Gasteiger partial charge is 0.194 e. The molecule has 0 bridgehead atoms. The van der Waals surface area contributed by atoms with Gasteiger partial charge < -0.3 is 0 Å². The fourth-order valence-corrected chi connectivity index (χ4v) is 3.50. The van der Waals surface area contributed by atoms with Crippen molar-refractivity contribution in [3.63, 3.8) is 0 Å². The summed E-state index contributed by atoms with van der Waals surface area (Å²) in [6.07, 6.45) is 2.30. The maximum atomic E-state index is 12.5. The van der Waals surface area contributed by atoms with Crippen molar-refractivity contribution in [2.45, 2.75) is 30.4 Å². The third kappa shape index (κ3) is 3.93. The molecule has 0 spiro atoms. The summed E-state index contributed by atoms with van der Waals surface area (Å²) in [5.41, 5.74) is 0. The fraction of sp³-hybridized carbons (Fsp3) is 0.357. The van der Waals surface area contributed by atoms with Crippen LogP contribution in [0.3, 0.4) is 0 Å². The molecule has 0 heterocycles. The van der Waals surface area contributed by atoms with Gasteiger partial charge in [-0.1, -0.05) is 18.2 Å². The van der Waals surface area contributed by atoms with Crippen LogP contribution in [0.15, 0.2) is 50.7 Å². The van der Waals surface area contributed by atoms with Gasteiger partial charge in [0.15, 0.2) is 14.7 Å². The number of hydrogen-bond donors (Lipinski definition) is 0. The van der Waals surface area contributed by atoms with E-state index in [0.717, 1.165) is 6.20 Å². The monoisotopic (exact) mass is 326 g/mol. The van der Waals surface area contributed by atoms with E-state index in [0.29, 0.717) is 4.90 Å². The van der Waals surface area contributed by atoms with Crippen LogP contribution >= 0.6 is 0 Å². The van der Waals surface area contributed by atoms with Gasteiger partial charge in [0, 0.05) is 11.2 Å². The molecule has 1 aromatic rings. The average molecular weight is 326 g/mol. The van der Waals surface area contributed by atoms with Crippen molar-refractivity contribution in [1.82, 2.24) is 0 Å². The number of nitrogens with zero attached hydrogens (tertiary/aromatic N) is 2. The van der Waals surface area contributed by atoms with Crippen molar-refractivity contribution in [3.05, 3.63) is 41.4 Å². The van der Waals surface area contributed by atoms with Gasteiger partial charge in [0.25, 0.3) is 0 Å². The number of sulfone groups is 1. The lowest BCUT2D eigenvalue weighted by Gasteiger charge is -2.17. The van der Waals surface area contributed by atoms with E-state index >= 15 is 0 Å². The van der Waals surface area contributed by atoms with Gasteiger partial charge in [-0.25, -0.2) is 17.0 Å². The highest BCUT2D eigenvalue weighted by atomic mass is 32.2. The first-order chi connectivity index (χ1) is 9.52. The summed E-state index contributed by atoms with van der Waals surface area (Å²) in [7, 11) is -6.60. The molecule has 0 N–H and O–H groups in total. The molecule has 114 valence electrons. The number of rotatable bonds is 3. The molecule has 1 unspecified atom stereocenters. The molecule has 1 aromatic carbocycles. The number of nitriles is 1. The third-order valence-electron chi connectivity index (χ3n) is 2.76. The Kier molecular flexibility index (Phi) is 4.97. The van der Waals surface area contributed by atoms with Crippen molar-refractivity contribution in [1.29, 1.82) is 5.26 Å². The lowest BCUT2D eigenvalue weighted by molar-refractivity contribution is 0.568. The Morgan fingerprint density at radius 2 is 1.71 bits per heavy atom. The first-order valence-corrected chi connectivity index (χ1v) is 9.54. The number of benzene rings is 1. The lowest BCUT2D eigenvalue weighted by Crippen LogP contribution is -2.28. The molecule has 0 aromatic heterocycles. The van der Waals surface area contributed by atoms with E-state index in [4.69, 9.17) is 5.26 Å². The van der Waals surface area contributed by atoms with Crippen LogP contribution in [0.25, 0.3) is 0 Å². The molecule has 0 aliphatic rings. The molecule has 21 heavy (non-hydrogen) atoms. The maximum Gasteiger partial charge on any atom is 0.194 e. The summed E-state index contributed by atoms with van der Waals surface area (Å²) in [4.78, 5) is -0.00722. The lowest BCUT2D eigenvalue weighted by atomic mass is 10.3. The zero-order valence-corrected chi connectivity index (χ0v) is 14.0. The highest BCUT2D eigenvalue weighted by molar-refractivity contribution is 7.96. The van der Waals surface area contributed by atoms with Gasteiger partial charge in [0.05, 0.1) is 20.7 Å². The van der Waals surface area contributed by atoms with Gasteiger partial charge in [-0.05, 0) is 32.9 Å². The third-order valence-corrected chi connectivity index (χ3v) is 6.80. The predicted molar refractivity (Wildman–Crippen MR) is 83.6 cm³/mol. The topological polar surface area (TPSA) is 87.4 Å². The average Bonchev–Trinajstić information content (AvgIpc) is 2.38. The predicted octanol–water partition coefficient (Wildman–Crippen LogP) is 2.72. The minimum atomic E-state index is -3.81. The van der Waals surface area contributed by atoms with Gasteiger partial charge in [0.2, 0.25) is 0 Å². The molecule has 0 fully saturated rings. The molecule has 1 atom stereocenters. The van der Waals surface area contributed by atoms with Crippen molar-refractivity contribution < 1.29 is 12.6 Å². The quantitative estimate of drug-likeness (QED) is 0.799. The number of allylic oxidation sites excluding steroid dienone is 1. The summed E-state index contributed by atoms with van der Waals surface area (Å²) >= 11 is 0. The largest absolute Gasteiger partial charge is 0.245 e. The Labute approximate surface area is 126 Å². The molecule has 0 aliphatic heterocycles. The highest BCUT2D eigenvalue weighted by Crippen LogP contribution is 2.23. The van der Waals surface area contributed by atoms with E-state index in [1.165, 1.54) is 27.0 Å². The van der Waals surface area contributed by atoms with Crippen LogP contribution in [0.1, 0.15) is 20.8 Å². The van der Waals surface area contributed by atoms with Crippen LogP contribution in [0.2, 0.25) is 0 Å². The first kappa shape index (κ1) is 17.4. The minimum Gasteiger partial charge on any atom is -0.245 e. The second-order valence-electron chi connectivity index (χ2n) is 5.44. The first-order valence-electron chi connectivity index (χ1n) is 6.13. The van der Waals surface area contributed by atoms with Gasteiger partial charge in [-0.3, -0.25) is 0 Å². The standard InChI is InChI=1S/C14H18N2O3S2/c1-14(2,3)21(18,19)13(10-15)11-16-20(4,17)12-8-6-5-7-9-12/h5-9,11H,1-4H3. The summed E-state index contributed by atoms with van der Waals surface area (Å²) in [5, 5.41) is 9.04. The van der Waals surface area contributed by atoms with Crippen LogP contribution in [-0.2, 0) is 19.6 Å². The fourth-order valence-electron chi connectivity index (χ4n) is 1.37. The van der Waals surface area contributed by atoms with Crippen LogP contribution in [0.5, 0.6) is 0 Å². The van der Waals surface area contributed by atoms with Crippen LogP contribution in [0.4, 0.5) is 0 Å². The van der Waals surface area contributed by atoms with Gasteiger partial charge in [-0.2, -0.15) is 5.26 Å². The maximum absolute atomic E-state index is 12.5. The molecule has 0 saturated carbocycles. The summed E-state index contributed by atoms with van der Waals surface area (Å²) in [6, 6.07) is 10.1. The summed E-state index contributed by atoms with van der Waals surface area (Å²) in [5.74, 6) is 0. The van der Waals surface area contributed by atoms with Gasteiger partial charge in [-0.15, -0.1) is 0 Å². The van der Waals surface area contributed by atoms with Crippen LogP contribution in [-0.4, -0.2) is 23.6 Å². The van der Waals surface area contributed by atoms with Crippen LogP contribution < -0.4 is 0 Å². The highest BCUT2D eigenvalue weighted by Gasteiger charge is 2.33. The second kappa shape index (κ2) is 6.00. The van der Waals surface area contributed by atoms with Gasteiger partial charge >= 0.3 is 0 Å². The Hall–Kier alpha value is -1.65. The van der Waals surface area contributed by atoms with Crippen molar-refractivity contribution in [2.75, 3.05) is 6.26 Å². The molecular formula is C14H18N2O3S2. The zero-order chi connectivity index (χ0) is 16.3. The molecule has 0 radical (unpaired) electrons. The van der Waals surface area contributed by atoms with E-state index in [-0.39, 0.29) is 0 Å².